The van der Waals surface area contributed by atoms with Crippen LogP contribution in [0.5, 0.6) is 0 Å². The second kappa shape index (κ2) is 6.18. The summed E-state index contributed by atoms with van der Waals surface area (Å²) in [5.41, 5.74) is 2.46. The summed E-state index contributed by atoms with van der Waals surface area (Å²) in [7, 11) is 0. The van der Waals surface area contributed by atoms with Crippen molar-refractivity contribution in [2.45, 2.75) is 0 Å². The van der Waals surface area contributed by atoms with E-state index in [0.29, 0.717) is 10.7 Å². The molecule has 0 atom stereocenters. The van der Waals surface area contributed by atoms with Crippen LogP contribution < -0.4 is 5.32 Å². The summed E-state index contributed by atoms with van der Waals surface area (Å²) in [6.07, 6.45) is 5.53. The van der Waals surface area contributed by atoms with Crippen LogP contribution in [0.4, 0.5) is 5.69 Å². The molecule has 0 saturated heterocycles. The summed E-state index contributed by atoms with van der Waals surface area (Å²) in [6, 6.07) is 11.3. The van der Waals surface area contributed by atoms with E-state index in [1.54, 1.807) is 12.3 Å². The number of halogens is 1. The zero-order valence-electron chi connectivity index (χ0n) is 12.3. The number of thiophene rings is 1. The number of carbonyl (C=O) groups is 1. The summed E-state index contributed by atoms with van der Waals surface area (Å²) in [5.74, 6) is 0.518. The second-order valence-corrected chi connectivity index (χ2v) is 6.94. The van der Waals surface area contributed by atoms with Gasteiger partial charge in [-0.1, -0.05) is 12.1 Å². The standard InChI is InChI=1S/C17H11BrN4OS/c18-12-8-15(24-10-12)16(23)20-13-4-1-3-11(7-13)14-9-22-6-2-5-19-17(22)21-14/h1-10H,(H,20,23). The van der Waals surface area contributed by atoms with Gasteiger partial charge in [-0.3, -0.25) is 9.20 Å². The molecular weight excluding hydrogens is 388 g/mol. The van der Waals surface area contributed by atoms with Gasteiger partial charge in [0.15, 0.2) is 0 Å². The van der Waals surface area contributed by atoms with E-state index in [1.807, 2.05) is 52.5 Å². The Labute approximate surface area is 150 Å². The molecule has 4 aromatic rings. The topological polar surface area (TPSA) is 59.3 Å². The van der Waals surface area contributed by atoms with Crippen LogP contribution in [-0.2, 0) is 0 Å². The fraction of sp³-hybridized carbons (Fsp3) is 0. The molecule has 1 aromatic carbocycles. The van der Waals surface area contributed by atoms with Gasteiger partial charge in [0.1, 0.15) is 0 Å². The van der Waals surface area contributed by atoms with Crippen LogP contribution in [-0.4, -0.2) is 20.3 Å². The number of nitrogens with zero attached hydrogens (tertiary/aromatic N) is 3. The lowest BCUT2D eigenvalue weighted by Crippen LogP contribution is -2.09. The number of hydrogen-bond acceptors (Lipinski definition) is 4. The average molecular weight is 399 g/mol. The highest BCUT2D eigenvalue weighted by atomic mass is 79.9. The van der Waals surface area contributed by atoms with E-state index in [1.165, 1.54) is 11.3 Å². The van der Waals surface area contributed by atoms with Crippen molar-refractivity contribution in [3.8, 4) is 11.3 Å². The van der Waals surface area contributed by atoms with Crippen molar-refractivity contribution in [1.29, 1.82) is 0 Å². The fourth-order valence-corrected chi connectivity index (χ4v) is 3.67. The van der Waals surface area contributed by atoms with Gasteiger partial charge < -0.3 is 5.32 Å². The third kappa shape index (κ3) is 2.95. The largest absolute Gasteiger partial charge is 0.321 e. The Morgan fingerprint density at radius 1 is 1.25 bits per heavy atom. The summed E-state index contributed by atoms with van der Waals surface area (Å²) >= 11 is 4.76. The summed E-state index contributed by atoms with van der Waals surface area (Å²) in [4.78, 5) is 21.6. The van der Waals surface area contributed by atoms with Gasteiger partial charge in [0.2, 0.25) is 5.78 Å². The van der Waals surface area contributed by atoms with Gasteiger partial charge in [0, 0.05) is 39.7 Å². The van der Waals surface area contributed by atoms with Crippen molar-refractivity contribution in [1.82, 2.24) is 14.4 Å². The lowest BCUT2D eigenvalue weighted by atomic mass is 10.1. The predicted octanol–water partition coefficient (Wildman–Crippen LogP) is 4.47. The molecule has 1 N–H and O–H groups in total. The SMILES string of the molecule is O=C(Nc1cccc(-c2cn3cccnc3n2)c1)c1cc(Br)cs1. The number of imidazole rings is 1. The smallest absolute Gasteiger partial charge is 0.265 e. The maximum atomic E-state index is 12.3. The van der Waals surface area contributed by atoms with Crippen molar-refractivity contribution < 1.29 is 4.79 Å². The molecule has 0 saturated carbocycles. The first kappa shape index (κ1) is 15.0. The molecule has 4 rings (SSSR count). The van der Waals surface area contributed by atoms with Gasteiger partial charge in [0.25, 0.3) is 5.91 Å². The molecule has 3 aromatic heterocycles. The van der Waals surface area contributed by atoms with Gasteiger partial charge in [0.05, 0.1) is 10.6 Å². The molecule has 7 heteroatoms. The van der Waals surface area contributed by atoms with Crippen LogP contribution in [0, 0.1) is 0 Å². The molecular formula is C17H11BrN4OS. The summed E-state index contributed by atoms with van der Waals surface area (Å²) < 4.78 is 2.77. The van der Waals surface area contributed by atoms with Gasteiger partial charge >= 0.3 is 0 Å². The fourth-order valence-electron chi connectivity index (χ4n) is 2.35. The van der Waals surface area contributed by atoms with Crippen molar-refractivity contribution in [2.24, 2.45) is 0 Å². The Kier molecular flexibility index (Phi) is 3.87. The quantitative estimate of drug-likeness (QED) is 0.553. The summed E-state index contributed by atoms with van der Waals surface area (Å²) in [6.45, 7) is 0. The maximum absolute atomic E-state index is 12.3. The van der Waals surface area contributed by atoms with Gasteiger partial charge in [-0.2, -0.15) is 0 Å². The van der Waals surface area contributed by atoms with Crippen molar-refractivity contribution in [3.63, 3.8) is 0 Å². The highest BCUT2D eigenvalue weighted by molar-refractivity contribution is 9.10. The minimum absolute atomic E-state index is 0.125. The van der Waals surface area contributed by atoms with Crippen LogP contribution in [0.2, 0.25) is 0 Å². The highest BCUT2D eigenvalue weighted by Gasteiger charge is 2.10. The third-order valence-corrected chi connectivity index (χ3v) is 5.13. The molecule has 3 heterocycles. The lowest BCUT2D eigenvalue weighted by molar-refractivity contribution is 0.103. The van der Waals surface area contributed by atoms with Crippen LogP contribution in [0.3, 0.4) is 0 Å². The molecule has 0 bridgehead atoms. The Hall–Kier alpha value is -2.51. The molecule has 1 amide bonds. The minimum Gasteiger partial charge on any atom is -0.321 e. The first-order chi connectivity index (χ1) is 11.7. The number of nitrogens with one attached hydrogen (secondary N) is 1. The van der Waals surface area contributed by atoms with E-state index < -0.39 is 0 Å². The number of hydrogen-bond donors (Lipinski definition) is 1. The second-order valence-electron chi connectivity index (χ2n) is 5.12. The van der Waals surface area contributed by atoms with Crippen LogP contribution in [0.15, 0.2) is 64.8 Å². The first-order valence-corrected chi connectivity index (χ1v) is 8.82. The zero-order chi connectivity index (χ0) is 16.5. The molecule has 0 radical (unpaired) electrons. The number of carbonyl (C=O) groups excluding carboxylic acids is 1. The molecule has 0 aliphatic carbocycles. The molecule has 24 heavy (non-hydrogen) atoms. The van der Waals surface area contributed by atoms with Gasteiger partial charge in [-0.15, -0.1) is 11.3 Å². The van der Waals surface area contributed by atoms with E-state index in [-0.39, 0.29) is 5.91 Å². The van der Waals surface area contributed by atoms with Crippen molar-refractivity contribution >= 4 is 44.6 Å². The van der Waals surface area contributed by atoms with E-state index >= 15 is 0 Å². The number of fused-ring (bicyclic) bond motifs is 1. The van der Waals surface area contributed by atoms with Gasteiger partial charge in [-0.25, -0.2) is 9.97 Å². The number of aromatic nitrogens is 3. The van der Waals surface area contributed by atoms with Crippen molar-refractivity contribution in [3.05, 3.63) is 69.7 Å². The van der Waals surface area contributed by atoms with Crippen LogP contribution in [0.25, 0.3) is 17.0 Å². The maximum Gasteiger partial charge on any atom is 0.265 e. The number of amides is 1. The molecule has 0 aliphatic rings. The average Bonchev–Trinajstić information content (AvgIpc) is 3.21. The Balaban J connectivity index is 1.62. The minimum atomic E-state index is -0.125. The lowest BCUT2D eigenvalue weighted by Gasteiger charge is -2.05. The normalized spacial score (nSPS) is 10.9. The Morgan fingerprint density at radius 2 is 2.17 bits per heavy atom. The van der Waals surface area contributed by atoms with E-state index in [4.69, 9.17) is 0 Å². The van der Waals surface area contributed by atoms with Crippen molar-refractivity contribution in [2.75, 3.05) is 5.32 Å². The number of rotatable bonds is 3. The van der Waals surface area contributed by atoms with Crippen LogP contribution >= 0.6 is 27.3 Å². The summed E-state index contributed by atoms with van der Waals surface area (Å²) in [5, 5.41) is 4.80. The molecule has 5 nitrogen and oxygen atoms in total. The first-order valence-electron chi connectivity index (χ1n) is 7.14. The molecule has 0 spiro atoms. The van der Waals surface area contributed by atoms with E-state index in [0.717, 1.165) is 21.4 Å². The molecule has 0 fully saturated rings. The number of anilines is 1. The predicted molar refractivity (Wildman–Crippen MR) is 98.4 cm³/mol. The van der Waals surface area contributed by atoms with E-state index in [9.17, 15) is 4.79 Å². The number of benzene rings is 1. The van der Waals surface area contributed by atoms with Crippen LogP contribution in [0.1, 0.15) is 9.67 Å². The monoisotopic (exact) mass is 398 g/mol. The third-order valence-electron chi connectivity index (χ3n) is 3.44. The molecule has 118 valence electrons. The van der Waals surface area contributed by atoms with Gasteiger partial charge in [-0.05, 0) is 40.2 Å². The van der Waals surface area contributed by atoms with E-state index in [2.05, 4.69) is 31.2 Å². The Bertz CT molecular complexity index is 1010. The zero-order valence-corrected chi connectivity index (χ0v) is 14.7. The Morgan fingerprint density at radius 3 is 2.96 bits per heavy atom. The molecule has 0 aliphatic heterocycles. The molecule has 0 unspecified atom stereocenters. The highest BCUT2D eigenvalue weighted by Crippen LogP contribution is 2.24.